The van der Waals surface area contributed by atoms with Crippen molar-refractivity contribution < 1.29 is 14.2 Å². The summed E-state index contributed by atoms with van der Waals surface area (Å²) in [5.74, 6) is 0.155. The lowest BCUT2D eigenvalue weighted by molar-refractivity contribution is 0.000297. The van der Waals surface area contributed by atoms with Crippen molar-refractivity contribution in [2.45, 2.75) is 31.1 Å². The maximum Gasteiger partial charge on any atom is 0.189 e. The molecule has 3 aliphatic rings. The highest BCUT2D eigenvalue weighted by atomic mass is 19.1. The first-order valence-corrected chi connectivity index (χ1v) is 8.91. The normalized spacial score (nSPS) is 34.1. The van der Waals surface area contributed by atoms with Crippen molar-refractivity contribution in [3.8, 4) is 0 Å². The maximum atomic E-state index is 14.0. The van der Waals surface area contributed by atoms with Crippen LogP contribution in [0.2, 0.25) is 0 Å². The quantitative estimate of drug-likeness (QED) is 0.888. The molecule has 0 amide bonds. The van der Waals surface area contributed by atoms with Crippen LogP contribution in [0.15, 0.2) is 29.1 Å². The van der Waals surface area contributed by atoms with Gasteiger partial charge in [0.05, 0.1) is 17.2 Å². The molecule has 5 nitrogen and oxygen atoms in total. The zero-order valence-corrected chi connectivity index (χ0v) is 13.9. The van der Waals surface area contributed by atoms with Crippen molar-refractivity contribution in [1.82, 2.24) is 9.88 Å². The van der Waals surface area contributed by atoms with Crippen LogP contribution in [-0.2, 0) is 11.3 Å². The number of likely N-dealkylation sites (tertiary alicyclic amines) is 1. The minimum Gasteiger partial charge on any atom is -0.396 e. The number of hydrogen-bond donors (Lipinski definition) is 2. The lowest BCUT2D eigenvalue weighted by Gasteiger charge is -2.28. The molecule has 6 heteroatoms. The summed E-state index contributed by atoms with van der Waals surface area (Å²) in [6, 6.07) is 6.11. The highest BCUT2D eigenvalue weighted by molar-refractivity contribution is 5.78. The fraction of sp³-hybridized carbons (Fsp3) is 0.526. The summed E-state index contributed by atoms with van der Waals surface area (Å²) in [7, 11) is 0. The third kappa shape index (κ3) is 2.21. The predicted octanol–water partition coefficient (Wildman–Crippen LogP) is 1.64. The van der Waals surface area contributed by atoms with Crippen LogP contribution >= 0.6 is 0 Å². The molecule has 4 atom stereocenters. The second kappa shape index (κ2) is 5.37. The summed E-state index contributed by atoms with van der Waals surface area (Å²) in [4.78, 5) is 17.6. The molecular weight excluding hydrogens is 323 g/mol. The van der Waals surface area contributed by atoms with E-state index in [-0.39, 0.29) is 35.2 Å². The van der Waals surface area contributed by atoms with E-state index < -0.39 is 5.82 Å². The number of ether oxygens (including phenoxy) is 1. The second-order valence-electron chi connectivity index (χ2n) is 7.70. The smallest absolute Gasteiger partial charge is 0.189 e. The molecule has 0 saturated carbocycles. The number of pyridine rings is 1. The topological polar surface area (TPSA) is 65.6 Å². The molecule has 0 unspecified atom stereocenters. The Bertz CT molecular complexity index is 898. The Hall–Kier alpha value is -1.76. The van der Waals surface area contributed by atoms with Crippen LogP contribution in [0.25, 0.3) is 10.9 Å². The lowest BCUT2D eigenvalue weighted by Crippen LogP contribution is -2.37. The molecule has 0 aliphatic carbocycles. The van der Waals surface area contributed by atoms with Gasteiger partial charge in [0, 0.05) is 55.2 Å². The molecule has 5 rings (SSSR count). The van der Waals surface area contributed by atoms with Crippen molar-refractivity contribution in [1.29, 1.82) is 0 Å². The Morgan fingerprint density at radius 3 is 3.16 bits per heavy atom. The van der Waals surface area contributed by atoms with E-state index >= 15 is 0 Å². The first kappa shape index (κ1) is 15.5. The Balaban J connectivity index is 1.43. The van der Waals surface area contributed by atoms with Gasteiger partial charge >= 0.3 is 0 Å². The zero-order valence-electron chi connectivity index (χ0n) is 13.9. The minimum absolute atomic E-state index is 0.138. The summed E-state index contributed by atoms with van der Waals surface area (Å²) >= 11 is 0. The Labute approximate surface area is 144 Å². The number of rotatable bonds is 3. The summed E-state index contributed by atoms with van der Waals surface area (Å²) in [6.07, 6.45) is 2.26. The van der Waals surface area contributed by atoms with Crippen LogP contribution in [0.3, 0.4) is 0 Å². The van der Waals surface area contributed by atoms with Crippen molar-refractivity contribution in [2.75, 3.05) is 19.7 Å². The molecule has 3 fully saturated rings. The van der Waals surface area contributed by atoms with Gasteiger partial charge in [-0.05, 0) is 25.0 Å². The van der Waals surface area contributed by atoms with Crippen molar-refractivity contribution in [3.05, 3.63) is 46.0 Å². The van der Waals surface area contributed by atoms with Crippen LogP contribution in [0.5, 0.6) is 0 Å². The van der Waals surface area contributed by atoms with Gasteiger partial charge in [-0.2, -0.15) is 0 Å². The standard InChI is InChI=1S/C19H21FN2O3/c20-15-3-1-2-12-16(24)6-11(21-18(12)15)7-22-8-14-13(9-23)17-4-5-19(14,10-22)25-17/h1-3,6,13-14,17,23H,4-5,7-10H2,(H,21,24)/t13-,14+,17+,19+/m0/s1. The molecule has 4 heterocycles. The van der Waals surface area contributed by atoms with Gasteiger partial charge in [0.2, 0.25) is 0 Å². The monoisotopic (exact) mass is 344 g/mol. The van der Waals surface area contributed by atoms with Gasteiger partial charge in [-0.15, -0.1) is 0 Å². The summed E-state index contributed by atoms with van der Waals surface area (Å²) in [6.45, 7) is 2.38. The van der Waals surface area contributed by atoms with Gasteiger partial charge in [0.1, 0.15) is 5.82 Å². The number of halogens is 1. The van der Waals surface area contributed by atoms with E-state index in [4.69, 9.17) is 4.74 Å². The van der Waals surface area contributed by atoms with Gasteiger partial charge < -0.3 is 14.8 Å². The van der Waals surface area contributed by atoms with Gasteiger partial charge in [-0.1, -0.05) is 6.07 Å². The molecular formula is C19H21FN2O3. The molecule has 3 saturated heterocycles. The number of hydrogen-bond acceptors (Lipinski definition) is 4. The van der Waals surface area contributed by atoms with Gasteiger partial charge in [0.25, 0.3) is 0 Å². The van der Waals surface area contributed by atoms with Crippen molar-refractivity contribution >= 4 is 10.9 Å². The predicted molar refractivity (Wildman–Crippen MR) is 90.7 cm³/mol. The van der Waals surface area contributed by atoms with E-state index in [1.807, 2.05) is 0 Å². The zero-order chi connectivity index (χ0) is 17.2. The number of nitrogens with one attached hydrogen (secondary N) is 1. The highest BCUT2D eigenvalue weighted by Crippen LogP contribution is 2.54. The molecule has 1 spiro atoms. The first-order valence-electron chi connectivity index (χ1n) is 8.91. The van der Waals surface area contributed by atoms with E-state index in [9.17, 15) is 14.3 Å². The van der Waals surface area contributed by atoms with Gasteiger partial charge in [0.15, 0.2) is 5.43 Å². The number of aliphatic hydroxyl groups is 1. The molecule has 0 radical (unpaired) electrons. The average molecular weight is 344 g/mol. The van der Waals surface area contributed by atoms with Crippen LogP contribution in [0, 0.1) is 17.7 Å². The fourth-order valence-electron chi connectivity index (χ4n) is 5.27. The van der Waals surface area contributed by atoms with E-state index in [1.54, 1.807) is 18.2 Å². The Morgan fingerprint density at radius 2 is 2.32 bits per heavy atom. The number of benzene rings is 1. The van der Waals surface area contributed by atoms with Gasteiger partial charge in [-0.25, -0.2) is 4.39 Å². The maximum absolute atomic E-state index is 14.0. The summed E-state index contributed by atoms with van der Waals surface area (Å²) in [5.41, 5.74) is 0.689. The number of H-pyrrole nitrogens is 1. The molecule has 1 aromatic carbocycles. The van der Waals surface area contributed by atoms with Crippen molar-refractivity contribution in [3.63, 3.8) is 0 Å². The first-order chi connectivity index (χ1) is 12.1. The fourth-order valence-corrected chi connectivity index (χ4v) is 5.27. The number of fused-ring (bicyclic) bond motifs is 2. The van der Waals surface area contributed by atoms with Crippen molar-refractivity contribution in [2.24, 2.45) is 11.8 Å². The number of para-hydroxylation sites is 1. The molecule has 1 aromatic heterocycles. The lowest BCUT2D eigenvalue weighted by atomic mass is 9.74. The number of nitrogens with zero attached hydrogens (tertiary/aromatic N) is 1. The van der Waals surface area contributed by atoms with Crippen LogP contribution in [0.1, 0.15) is 18.5 Å². The van der Waals surface area contributed by atoms with E-state index in [0.29, 0.717) is 23.5 Å². The van der Waals surface area contributed by atoms with Crippen LogP contribution in [-0.4, -0.2) is 46.4 Å². The highest BCUT2D eigenvalue weighted by Gasteiger charge is 2.62. The second-order valence-corrected chi connectivity index (χ2v) is 7.70. The van der Waals surface area contributed by atoms with E-state index in [0.717, 1.165) is 25.9 Å². The Morgan fingerprint density at radius 1 is 1.44 bits per heavy atom. The third-order valence-corrected chi connectivity index (χ3v) is 6.33. The number of aliphatic hydroxyl groups excluding tert-OH is 1. The molecule has 2 bridgehead atoms. The van der Waals surface area contributed by atoms with E-state index in [1.165, 1.54) is 6.07 Å². The Kier molecular flexibility index (Phi) is 3.33. The summed E-state index contributed by atoms with van der Waals surface area (Å²) in [5, 5.41) is 10.1. The van der Waals surface area contributed by atoms with Gasteiger partial charge in [-0.3, -0.25) is 9.69 Å². The molecule has 2 N–H and O–H groups in total. The summed E-state index contributed by atoms with van der Waals surface area (Å²) < 4.78 is 20.3. The van der Waals surface area contributed by atoms with Crippen LogP contribution < -0.4 is 5.43 Å². The molecule has 2 aromatic rings. The molecule has 3 aliphatic heterocycles. The molecule has 132 valence electrons. The SMILES string of the molecule is O=c1cc(CN2C[C@@H]3[C@H](CO)[C@H]4CC[C@]3(C2)O4)[nH]c2c(F)cccc12. The number of aromatic amines is 1. The third-order valence-electron chi connectivity index (χ3n) is 6.33. The minimum atomic E-state index is -0.407. The number of aromatic nitrogens is 1. The largest absolute Gasteiger partial charge is 0.396 e. The average Bonchev–Trinajstić information content (AvgIpc) is 3.23. The van der Waals surface area contributed by atoms with E-state index in [2.05, 4.69) is 9.88 Å². The molecule has 25 heavy (non-hydrogen) atoms. The van der Waals surface area contributed by atoms with Crippen LogP contribution in [0.4, 0.5) is 4.39 Å².